The standard InChI is InChI=1S/C15H16F2O2/c16-13-4-2-10(7-14(13)17)8-19-15(18)12-6-9-1-3-11(12)5-9/h2,4,7,9,11-12H,1,3,5-6,8H2. The quantitative estimate of drug-likeness (QED) is 0.783. The lowest BCUT2D eigenvalue weighted by atomic mass is 9.89. The van der Waals surface area contributed by atoms with Crippen LogP contribution in [0.25, 0.3) is 0 Å². The number of esters is 1. The summed E-state index contributed by atoms with van der Waals surface area (Å²) in [6.45, 7) is 0.0178. The molecule has 102 valence electrons. The summed E-state index contributed by atoms with van der Waals surface area (Å²) in [5.41, 5.74) is 0.482. The third-order valence-corrected chi connectivity index (χ3v) is 4.41. The number of carbonyl (C=O) groups is 1. The summed E-state index contributed by atoms with van der Waals surface area (Å²) in [5, 5.41) is 0. The topological polar surface area (TPSA) is 26.3 Å². The average Bonchev–Trinajstić information content (AvgIpc) is 3.02. The number of hydrogen-bond acceptors (Lipinski definition) is 2. The van der Waals surface area contributed by atoms with Crippen LogP contribution in [0.2, 0.25) is 0 Å². The van der Waals surface area contributed by atoms with Crippen molar-refractivity contribution in [3.8, 4) is 0 Å². The Morgan fingerprint density at radius 1 is 1.21 bits per heavy atom. The predicted molar refractivity (Wildman–Crippen MR) is 65.1 cm³/mol. The van der Waals surface area contributed by atoms with E-state index >= 15 is 0 Å². The fourth-order valence-electron chi connectivity index (χ4n) is 3.42. The highest BCUT2D eigenvalue weighted by Crippen LogP contribution is 2.48. The van der Waals surface area contributed by atoms with Gasteiger partial charge in [0, 0.05) is 0 Å². The second-order valence-electron chi connectivity index (χ2n) is 5.64. The van der Waals surface area contributed by atoms with Crippen molar-refractivity contribution < 1.29 is 18.3 Å². The van der Waals surface area contributed by atoms with Gasteiger partial charge >= 0.3 is 5.97 Å². The van der Waals surface area contributed by atoms with E-state index in [4.69, 9.17) is 4.74 Å². The first-order valence-electron chi connectivity index (χ1n) is 6.74. The summed E-state index contributed by atoms with van der Waals surface area (Å²) in [6.07, 6.45) is 4.43. The highest BCUT2D eigenvalue weighted by atomic mass is 19.2. The van der Waals surface area contributed by atoms with Gasteiger partial charge in [0.05, 0.1) is 5.92 Å². The zero-order chi connectivity index (χ0) is 13.4. The molecule has 0 spiro atoms. The average molecular weight is 266 g/mol. The third-order valence-electron chi connectivity index (χ3n) is 4.41. The van der Waals surface area contributed by atoms with Gasteiger partial charge in [-0.2, -0.15) is 0 Å². The first-order valence-corrected chi connectivity index (χ1v) is 6.74. The van der Waals surface area contributed by atoms with Gasteiger partial charge in [-0.1, -0.05) is 12.5 Å². The van der Waals surface area contributed by atoms with E-state index in [9.17, 15) is 13.6 Å². The van der Waals surface area contributed by atoms with E-state index in [1.165, 1.54) is 12.5 Å². The Labute approximate surface area is 110 Å². The summed E-state index contributed by atoms with van der Waals surface area (Å²) >= 11 is 0. The molecule has 1 aromatic carbocycles. The Morgan fingerprint density at radius 2 is 2.05 bits per heavy atom. The Morgan fingerprint density at radius 3 is 2.68 bits per heavy atom. The Balaban J connectivity index is 1.57. The molecular weight excluding hydrogens is 250 g/mol. The van der Waals surface area contributed by atoms with E-state index in [2.05, 4.69) is 0 Å². The second-order valence-corrected chi connectivity index (χ2v) is 5.64. The SMILES string of the molecule is O=C(OCc1ccc(F)c(F)c1)C1CC2CCC1C2. The molecule has 0 heterocycles. The number of halogens is 2. The maximum atomic E-state index is 13.0. The van der Waals surface area contributed by atoms with Crippen LogP contribution >= 0.6 is 0 Å². The van der Waals surface area contributed by atoms with Gasteiger partial charge in [-0.15, -0.1) is 0 Å². The monoisotopic (exact) mass is 266 g/mol. The van der Waals surface area contributed by atoms with Gasteiger partial charge in [0.1, 0.15) is 6.61 Å². The van der Waals surface area contributed by atoms with Crippen molar-refractivity contribution in [3.63, 3.8) is 0 Å². The molecule has 0 aliphatic heterocycles. The maximum absolute atomic E-state index is 13.0. The lowest BCUT2D eigenvalue weighted by molar-refractivity contribution is -0.151. The van der Waals surface area contributed by atoms with Crippen molar-refractivity contribution in [3.05, 3.63) is 35.4 Å². The summed E-state index contributed by atoms with van der Waals surface area (Å²) in [7, 11) is 0. The van der Waals surface area contributed by atoms with Crippen molar-refractivity contribution >= 4 is 5.97 Å². The van der Waals surface area contributed by atoms with Crippen molar-refractivity contribution in [1.29, 1.82) is 0 Å². The van der Waals surface area contributed by atoms with E-state index in [-0.39, 0.29) is 18.5 Å². The minimum Gasteiger partial charge on any atom is -0.461 e. The van der Waals surface area contributed by atoms with Crippen molar-refractivity contribution in [1.82, 2.24) is 0 Å². The van der Waals surface area contributed by atoms with Crippen LogP contribution in [0.4, 0.5) is 8.78 Å². The van der Waals surface area contributed by atoms with Crippen LogP contribution in [0.3, 0.4) is 0 Å². The van der Waals surface area contributed by atoms with Crippen LogP contribution in [-0.2, 0) is 16.1 Å². The van der Waals surface area contributed by atoms with Crippen LogP contribution in [-0.4, -0.2) is 5.97 Å². The number of benzene rings is 1. The summed E-state index contributed by atoms with van der Waals surface area (Å²) in [4.78, 5) is 12.0. The molecule has 0 N–H and O–H groups in total. The number of hydrogen-bond donors (Lipinski definition) is 0. The zero-order valence-corrected chi connectivity index (χ0v) is 10.6. The lowest BCUT2D eigenvalue weighted by Crippen LogP contribution is -2.23. The molecule has 0 saturated heterocycles. The largest absolute Gasteiger partial charge is 0.461 e. The molecule has 3 unspecified atom stereocenters. The van der Waals surface area contributed by atoms with Gasteiger partial charge < -0.3 is 4.74 Å². The minimum atomic E-state index is -0.909. The molecule has 2 nitrogen and oxygen atoms in total. The van der Waals surface area contributed by atoms with E-state index in [1.807, 2.05) is 0 Å². The van der Waals surface area contributed by atoms with Gasteiger partial charge in [0.25, 0.3) is 0 Å². The van der Waals surface area contributed by atoms with Gasteiger partial charge in [-0.05, 0) is 48.8 Å². The Hall–Kier alpha value is -1.45. The molecule has 2 saturated carbocycles. The molecule has 4 heteroatoms. The normalized spacial score (nSPS) is 28.6. The van der Waals surface area contributed by atoms with Crippen LogP contribution < -0.4 is 0 Å². The van der Waals surface area contributed by atoms with E-state index in [1.54, 1.807) is 0 Å². The van der Waals surface area contributed by atoms with Crippen LogP contribution in [0.1, 0.15) is 31.2 Å². The predicted octanol–water partition coefficient (Wildman–Crippen LogP) is 3.44. The molecule has 3 atom stereocenters. The zero-order valence-electron chi connectivity index (χ0n) is 10.6. The fourth-order valence-corrected chi connectivity index (χ4v) is 3.42. The smallest absolute Gasteiger partial charge is 0.309 e. The fraction of sp³-hybridized carbons (Fsp3) is 0.533. The molecular formula is C15H16F2O2. The highest BCUT2D eigenvalue weighted by Gasteiger charge is 2.43. The van der Waals surface area contributed by atoms with E-state index in [0.717, 1.165) is 31.4 Å². The first-order chi connectivity index (χ1) is 9.13. The van der Waals surface area contributed by atoms with Crippen molar-refractivity contribution in [2.75, 3.05) is 0 Å². The summed E-state index contributed by atoms with van der Waals surface area (Å²) < 4.78 is 31.0. The molecule has 1 aromatic rings. The van der Waals surface area contributed by atoms with E-state index < -0.39 is 11.6 Å². The summed E-state index contributed by atoms with van der Waals surface area (Å²) in [5.74, 6) is -0.800. The van der Waals surface area contributed by atoms with Crippen LogP contribution in [0.5, 0.6) is 0 Å². The Kier molecular flexibility index (Phi) is 3.25. The first kappa shape index (κ1) is 12.6. The summed E-state index contributed by atoms with van der Waals surface area (Å²) in [6, 6.07) is 3.56. The number of rotatable bonds is 3. The van der Waals surface area contributed by atoms with Gasteiger partial charge in [-0.25, -0.2) is 8.78 Å². The molecule has 0 amide bonds. The number of carbonyl (C=O) groups excluding carboxylic acids is 1. The van der Waals surface area contributed by atoms with E-state index in [0.29, 0.717) is 17.4 Å². The van der Waals surface area contributed by atoms with Gasteiger partial charge in [0.15, 0.2) is 11.6 Å². The minimum absolute atomic E-state index is 0.0176. The second kappa shape index (κ2) is 4.91. The molecule has 19 heavy (non-hydrogen) atoms. The lowest BCUT2D eigenvalue weighted by Gasteiger charge is -2.19. The molecule has 3 rings (SSSR count). The van der Waals surface area contributed by atoms with Crippen molar-refractivity contribution in [2.45, 2.75) is 32.3 Å². The number of fused-ring (bicyclic) bond motifs is 2. The molecule has 0 aromatic heterocycles. The van der Waals surface area contributed by atoms with Gasteiger partial charge in [-0.3, -0.25) is 4.79 Å². The molecule has 2 aliphatic rings. The van der Waals surface area contributed by atoms with Crippen LogP contribution in [0.15, 0.2) is 18.2 Å². The molecule has 2 bridgehead atoms. The van der Waals surface area contributed by atoms with Crippen molar-refractivity contribution in [2.24, 2.45) is 17.8 Å². The van der Waals surface area contributed by atoms with Gasteiger partial charge in [0.2, 0.25) is 0 Å². The molecule has 2 aliphatic carbocycles. The Bertz CT molecular complexity index is 501. The number of ether oxygens (including phenoxy) is 1. The molecule has 2 fully saturated rings. The van der Waals surface area contributed by atoms with Crippen LogP contribution in [0, 0.1) is 29.4 Å². The maximum Gasteiger partial charge on any atom is 0.309 e. The molecule has 0 radical (unpaired) electrons. The third kappa shape index (κ3) is 2.48. The highest BCUT2D eigenvalue weighted by molar-refractivity contribution is 5.73.